The van der Waals surface area contributed by atoms with Gasteiger partial charge in [0.2, 0.25) is 0 Å². The van der Waals surface area contributed by atoms with Crippen molar-refractivity contribution in [3.63, 3.8) is 0 Å². The minimum Gasteiger partial charge on any atom is -0.338 e. The zero-order chi connectivity index (χ0) is 13.0. The van der Waals surface area contributed by atoms with Crippen LogP contribution in [0.3, 0.4) is 0 Å². The maximum Gasteiger partial charge on any atom is 0.198 e. The molecule has 0 bridgehead atoms. The van der Waals surface area contributed by atoms with Crippen LogP contribution in [-0.4, -0.2) is 33.0 Å². The van der Waals surface area contributed by atoms with Crippen molar-refractivity contribution < 1.29 is 8.42 Å². The van der Waals surface area contributed by atoms with Gasteiger partial charge in [0.25, 0.3) is 0 Å². The molecule has 0 saturated carbocycles. The summed E-state index contributed by atoms with van der Waals surface area (Å²) in [4.78, 5) is 4.38. The van der Waals surface area contributed by atoms with Gasteiger partial charge in [0.05, 0.1) is 6.20 Å². The number of rotatable bonds is 1. The second kappa shape index (κ2) is 5.55. The summed E-state index contributed by atoms with van der Waals surface area (Å²) in [6.07, 6.45) is 3.68. The topological polar surface area (TPSA) is 109 Å². The molecule has 0 aliphatic heterocycles. The van der Waals surface area contributed by atoms with Crippen molar-refractivity contribution in [1.82, 2.24) is 24.5 Å². The normalized spacial score (nSPS) is 10.2. The van der Waals surface area contributed by atoms with Crippen LogP contribution in [0.5, 0.6) is 0 Å². The highest BCUT2D eigenvalue weighted by atomic mass is 32.2. The lowest BCUT2D eigenvalue weighted by molar-refractivity contribution is 0.616. The molecule has 0 amide bonds. The van der Waals surface area contributed by atoms with E-state index in [0.29, 0.717) is 0 Å². The highest BCUT2D eigenvalue weighted by Crippen LogP contribution is 2.14. The van der Waals surface area contributed by atoms with E-state index in [-0.39, 0.29) is 0 Å². The molecule has 17 heavy (non-hydrogen) atoms. The Kier molecular flexibility index (Phi) is 4.35. The average molecular weight is 258 g/mol. The van der Waals surface area contributed by atoms with Gasteiger partial charge >= 0.3 is 0 Å². The fraction of sp³-hybridized carbons (Fsp3) is 0.375. The van der Waals surface area contributed by atoms with Crippen LogP contribution in [0.4, 0.5) is 0 Å². The molecule has 0 aliphatic carbocycles. The molecule has 0 fully saturated rings. The van der Waals surface area contributed by atoms with E-state index in [1.807, 2.05) is 31.8 Å². The fourth-order valence-corrected chi connectivity index (χ4v) is 1.20. The van der Waals surface area contributed by atoms with Gasteiger partial charge in [0.15, 0.2) is 10.9 Å². The Morgan fingerprint density at radius 1 is 1.35 bits per heavy atom. The molecular weight excluding hydrogens is 244 g/mol. The molecule has 2 rings (SSSR count). The Bertz CT molecular complexity index is 543. The maximum absolute atomic E-state index is 8.81. The monoisotopic (exact) mass is 258 g/mol. The number of aryl methyl sites for hydroxylation is 3. The molecule has 0 atom stereocenters. The van der Waals surface area contributed by atoms with Gasteiger partial charge in [-0.25, -0.2) is 23.2 Å². The first-order chi connectivity index (χ1) is 7.91. The minimum absolute atomic E-state index is 0.910. The van der Waals surface area contributed by atoms with E-state index in [0.717, 1.165) is 17.2 Å². The Balaban J connectivity index is 0.000000317. The summed E-state index contributed by atoms with van der Waals surface area (Å²) in [5, 5.41) is 11.7. The van der Waals surface area contributed by atoms with Crippen molar-refractivity contribution in [2.75, 3.05) is 0 Å². The molecule has 2 N–H and O–H groups in total. The summed E-state index contributed by atoms with van der Waals surface area (Å²) in [7, 11) is 1.20. The number of aromatic nitrogens is 5. The SMILES string of the molecule is Cc1nc(-c2cnnn2C)cn1C.N[SH](=O)=O. The van der Waals surface area contributed by atoms with E-state index < -0.39 is 10.9 Å². The van der Waals surface area contributed by atoms with Gasteiger partial charge in [-0.05, 0) is 6.92 Å². The molecule has 0 unspecified atom stereocenters. The molecule has 94 valence electrons. The zero-order valence-corrected chi connectivity index (χ0v) is 10.6. The van der Waals surface area contributed by atoms with Crippen LogP contribution in [0.1, 0.15) is 5.82 Å². The van der Waals surface area contributed by atoms with Gasteiger partial charge in [-0.3, -0.25) is 0 Å². The Morgan fingerprint density at radius 2 is 1.94 bits per heavy atom. The van der Waals surface area contributed by atoms with Crippen molar-refractivity contribution in [2.45, 2.75) is 6.92 Å². The van der Waals surface area contributed by atoms with E-state index >= 15 is 0 Å². The summed E-state index contributed by atoms with van der Waals surface area (Å²) in [6.45, 7) is 1.97. The Hall–Kier alpha value is -1.74. The van der Waals surface area contributed by atoms with Gasteiger partial charge < -0.3 is 4.57 Å². The molecule has 0 aromatic carbocycles. The number of nitrogens with two attached hydrogens (primary N) is 1. The van der Waals surface area contributed by atoms with E-state index in [9.17, 15) is 0 Å². The van der Waals surface area contributed by atoms with Gasteiger partial charge in [0.1, 0.15) is 17.2 Å². The van der Waals surface area contributed by atoms with Gasteiger partial charge in [-0.1, -0.05) is 5.21 Å². The third-order valence-electron chi connectivity index (χ3n) is 2.09. The first kappa shape index (κ1) is 13.3. The van der Waals surface area contributed by atoms with Crippen LogP contribution < -0.4 is 5.14 Å². The third-order valence-corrected chi connectivity index (χ3v) is 2.09. The summed E-state index contributed by atoms with van der Waals surface area (Å²) in [6, 6.07) is 0. The smallest absolute Gasteiger partial charge is 0.198 e. The molecule has 2 heterocycles. The van der Waals surface area contributed by atoms with Crippen LogP contribution in [-0.2, 0) is 25.0 Å². The molecule has 2 aromatic heterocycles. The molecular formula is C8H14N6O2S. The van der Waals surface area contributed by atoms with Gasteiger partial charge in [-0.2, -0.15) is 0 Å². The molecule has 0 radical (unpaired) electrons. The Morgan fingerprint density at radius 3 is 2.29 bits per heavy atom. The predicted octanol–water partition coefficient (Wildman–Crippen LogP) is -1.00. The lowest BCUT2D eigenvalue weighted by Crippen LogP contribution is -1.93. The van der Waals surface area contributed by atoms with Crippen LogP contribution in [0.2, 0.25) is 0 Å². The number of hydrogen-bond acceptors (Lipinski definition) is 5. The number of hydrogen-bond donors (Lipinski definition) is 2. The average Bonchev–Trinajstić information content (AvgIpc) is 2.73. The van der Waals surface area contributed by atoms with E-state index in [1.165, 1.54) is 0 Å². The van der Waals surface area contributed by atoms with Crippen molar-refractivity contribution in [3.05, 3.63) is 18.2 Å². The molecule has 0 spiro atoms. The predicted molar refractivity (Wildman–Crippen MR) is 62.4 cm³/mol. The highest BCUT2D eigenvalue weighted by molar-refractivity contribution is 7.69. The molecule has 0 saturated heterocycles. The van der Waals surface area contributed by atoms with Crippen LogP contribution >= 0.6 is 0 Å². The van der Waals surface area contributed by atoms with Crippen molar-refractivity contribution in [3.8, 4) is 11.4 Å². The maximum atomic E-state index is 8.81. The summed E-state index contributed by atoms with van der Waals surface area (Å²) in [5.74, 6) is 0.983. The minimum atomic E-state index is -2.62. The molecule has 9 heteroatoms. The summed E-state index contributed by atoms with van der Waals surface area (Å²) < 4.78 is 21.3. The third kappa shape index (κ3) is 3.64. The number of nitrogens with zero attached hydrogens (tertiary/aromatic N) is 5. The van der Waals surface area contributed by atoms with Crippen LogP contribution in [0.15, 0.2) is 12.4 Å². The highest BCUT2D eigenvalue weighted by Gasteiger charge is 2.07. The van der Waals surface area contributed by atoms with Crippen LogP contribution in [0, 0.1) is 6.92 Å². The molecule has 8 nitrogen and oxygen atoms in total. The van der Waals surface area contributed by atoms with Gasteiger partial charge in [0, 0.05) is 20.3 Å². The number of imidazole rings is 1. The second-order valence-corrected chi connectivity index (χ2v) is 3.88. The first-order valence-electron chi connectivity index (χ1n) is 4.66. The zero-order valence-electron chi connectivity index (χ0n) is 9.73. The summed E-state index contributed by atoms with van der Waals surface area (Å²) in [5.41, 5.74) is 1.84. The summed E-state index contributed by atoms with van der Waals surface area (Å²) >= 11 is 0. The van der Waals surface area contributed by atoms with Crippen molar-refractivity contribution in [1.29, 1.82) is 0 Å². The van der Waals surface area contributed by atoms with Crippen LogP contribution in [0.25, 0.3) is 11.4 Å². The number of thiol groups is 1. The standard InChI is InChI=1S/C8H11N5.H3NO2S/c1-6-10-7(5-12(6)2)8-4-9-11-13(8)3;1-4(2)3/h4-5H,1-3H3;4H,(H2,1,2,3). The van der Waals surface area contributed by atoms with E-state index in [1.54, 1.807) is 10.9 Å². The fourth-order valence-electron chi connectivity index (χ4n) is 1.20. The lowest BCUT2D eigenvalue weighted by atomic mass is 10.4. The molecule has 0 aliphatic rings. The van der Waals surface area contributed by atoms with Gasteiger partial charge in [-0.15, -0.1) is 5.10 Å². The Labute approximate surface area is 100 Å². The van der Waals surface area contributed by atoms with Crippen molar-refractivity contribution in [2.24, 2.45) is 19.2 Å². The first-order valence-corrected chi connectivity index (χ1v) is 5.90. The largest absolute Gasteiger partial charge is 0.338 e. The van der Waals surface area contributed by atoms with E-state index in [4.69, 9.17) is 8.42 Å². The van der Waals surface area contributed by atoms with Crippen molar-refractivity contribution >= 4 is 10.9 Å². The lowest BCUT2D eigenvalue weighted by Gasteiger charge is -1.92. The quantitative estimate of drug-likeness (QED) is 0.637. The second-order valence-electron chi connectivity index (χ2n) is 3.31. The molecule has 2 aromatic rings. The van der Waals surface area contributed by atoms with E-state index in [2.05, 4.69) is 20.4 Å².